The molecule has 3 rings (SSSR count). The second-order valence-electron chi connectivity index (χ2n) is 3.56. The van der Waals surface area contributed by atoms with Gasteiger partial charge >= 0.3 is 0 Å². The molecule has 2 bridgehead atoms. The summed E-state index contributed by atoms with van der Waals surface area (Å²) in [6.45, 7) is 0. The summed E-state index contributed by atoms with van der Waals surface area (Å²) in [5, 5.41) is 3.59. The van der Waals surface area contributed by atoms with Gasteiger partial charge in [0.1, 0.15) is 0 Å². The highest BCUT2D eigenvalue weighted by Crippen LogP contribution is 2.47. The van der Waals surface area contributed by atoms with Gasteiger partial charge in [-0.25, -0.2) is 0 Å². The molecule has 0 amide bonds. The Labute approximate surface area is 55.1 Å². The molecule has 1 aliphatic heterocycles. The fourth-order valence-electron chi connectivity index (χ4n) is 2.32. The van der Waals surface area contributed by atoms with Crippen LogP contribution in [-0.4, -0.2) is 12.1 Å². The third-order valence-electron chi connectivity index (χ3n) is 2.93. The predicted octanol–water partition coefficient (Wildman–Crippen LogP) is 0.923. The van der Waals surface area contributed by atoms with Gasteiger partial charge in [-0.15, -0.1) is 0 Å². The molecule has 1 N–H and O–H groups in total. The average Bonchev–Trinajstić information content (AvgIpc) is 2.50. The van der Waals surface area contributed by atoms with Crippen molar-refractivity contribution in [1.29, 1.82) is 0 Å². The van der Waals surface area contributed by atoms with Crippen LogP contribution in [0.15, 0.2) is 12.2 Å². The van der Waals surface area contributed by atoms with Crippen molar-refractivity contribution in [2.24, 2.45) is 11.8 Å². The molecule has 0 aromatic rings. The zero-order chi connectivity index (χ0) is 5.84. The average molecular weight is 121 g/mol. The second kappa shape index (κ2) is 1.24. The number of rotatable bonds is 0. The summed E-state index contributed by atoms with van der Waals surface area (Å²) in [6, 6.07) is 1.66. The summed E-state index contributed by atoms with van der Waals surface area (Å²) >= 11 is 0. The van der Waals surface area contributed by atoms with Crippen molar-refractivity contribution in [2.45, 2.75) is 24.9 Å². The lowest BCUT2D eigenvalue weighted by Crippen LogP contribution is -2.33. The fraction of sp³-hybridized carbons (Fsp3) is 0.750. The van der Waals surface area contributed by atoms with Gasteiger partial charge in [-0.3, -0.25) is 0 Å². The van der Waals surface area contributed by atoms with Crippen LogP contribution in [-0.2, 0) is 0 Å². The molecule has 1 saturated carbocycles. The van der Waals surface area contributed by atoms with E-state index < -0.39 is 0 Å². The van der Waals surface area contributed by atoms with Gasteiger partial charge < -0.3 is 5.32 Å². The zero-order valence-corrected chi connectivity index (χ0v) is 5.38. The smallest absolute Gasteiger partial charge is 0.0258 e. The van der Waals surface area contributed by atoms with E-state index in [1.54, 1.807) is 0 Å². The maximum absolute atomic E-state index is 3.59. The molecule has 9 heavy (non-hydrogen) atoms. The Morgan fingerprint density at radius 1 is 1.22 bits per heavy atom. The van der Waals surface area contributed by atoms with Crippen molar-refractivity contribution in [3.8, 4) is 0 Å². The lowest BCUT2D eigenvalue weighted by molar-refractivity contribution is 0.399. The van der Waals surface area contributed by atoms with Gasteiger partial charge in [0.2, 0.25) is 0 Å². The van der Waals surface area contributed by atoms with Crippen LogP contribution in [0.4, 0.5) is 0 Å². The van der Waals surface area contributed by atoms with E-state index >= 15 is 0 Å². The molecule has 0 radical (unpaired) electrons. The maximum atomic E-state index is 3.59. The van der Waals surface area contributed by atoms with Crippen LogP contribution in [0.5, 0.6) is 0 Å². The van der Waals surface area contributed by atoms with Crippen LogP contribution in [0.3, 0.4) is 0 Å². The quantitative estimate of drug-likeness (QED) is 0.470. The Kier molecular flexibility index (Phi) is 0.620. The lowest BCUT2D eigenvalue weighted by Gasteiger charge is -2.18. The summed E-state index contributed by atoms with van der Waals surface area (Å²) in [7, 11) is 0. The van der Waals surface area contributed by atoms with Gasteiger partial charge in [-0.2, -0.15) is 0 Å². The summed E-state index contributed by atoms with van der Waals surface area (Å²) in [6.07, 6.45) is 7.60. The summed E-state index contributed by atoms with van der Waals surface area (Å²) < 4.78 is 0. The molecule has 4 unspecified atom stereocenters. The molecule has 48 valence electrons. The molecular weight excluding hydrogens is 110 g/mol. The Morgan fingerprint density at radius 2 is 2.22 bits per heavy atom. The number of allylic oxidation sites excluding steroid dienone is 1. The fourth-order valence-corrected chi connectivity index (χ4v) is 2.32. The normalized spacial score (nSPS) is 59.6. The van der Waals surface area contributed by atoms with E-state index in [9.17, 15) is 0 Å². The van der Waals surface area contributed by atoms with Gasteiger partial charge in [0.05, 0.1) is 0 Å². The van der Waals surface area contributed by atoms with Crippen molar-refractivity contribution >= 4 is 0 Å². The van der Waals surface area contributed by atoms with E-state index in [4.69, 9.17) is 0 Å². The van der Waals surface area contributed by atoms with Gasteiger partial charge in [0.25, 0.3) is 0 Å². The van der Waals surface area contributed by atoms with Gasteiger partial charge in [-0.05, 0) is 24.7 Å². The van der Waals surface area contributed by atoms with Gasteiger partial charge in [-0.1, -0.05) is 12.2 Å². The monoisotopic (exact) mass is 121 g/mol. The highest BCUT2D eigenvalue weighted by atomic mass is 15.0. The van der Waals surface area contributed by atoms with Crippen molar-refractivity contribution in [3.63, 3.8) is 0 Å². The van der Waals surface area contributed by atoms with E-state index in [0.29, 0.717) is 0 Å². The first kappa shape index (κ1) is 4.51. The SMILES string of the molecule is C1=CC2CC1NC1CC21. The molecule has 4 atom stereocenters. The van der Waals surface area contributed by atoms with Crippen molar-refractivity contribution < 1.29 is 0 Å². The molecule has 1 heterocycles. The number of hydrogen-bond acceptors (Lipinski definition) is 1. The van der Waals surface area contributed by atoms with Crippen LogP contribution in [0, 0.1) is 11.8 Å². The van der Waals surface area contributed by atoms with E-state index in [-0.39, 0.29) is 0 Å². The Morgan fingerprint density at radius 3 is 3.22 bits per heavy atom. The first-order valence-corrected chi connectivity index (χ1v) is 3.88. The third-order valence-corrected chi connectivity index (χ3v) is 2.93. The highest BCUT2D eigenvalue weighted by molar-refractivity contribution is 5.19. The van der Waals surface area contributed by atoms with Crippen LogP contribution >= 0.6 is 0 Å². The topological polar surface area (TPSA) is 12.0 Å². The number of fused-ring (bicyclic) bond motifs is 4. The number of hydrogen-bond donors (Lipinski definition) is 1. The van der Waals surface area contributed by atoms with Crippen molar-refractivity contribution in [3.05, 3.63) is 12.2 Å². The minimum absolute atomic E-state index is 0.749. The number of nitrogens with one attached hydrogen (secondary N) is 1. The second-order valence-corrected chi connectivity index (χ2v) is 3.56. The minimum atomic E-state index is 0.749. The molecule has 0 aromatic heterocycles. The summed E-state index contributed by atoms with van der Waals surface area (Å²) in [5.41, 5.74) is 0. The van der Waals surface area contributed by atoms with Crippen LogP contribution in [0.25, 0.3) is 0 Å². The zero-order valence-electron chi connectivity index (χ0n) is 5.38. The lowest BCUT2D eigenvalue weighted by atomic mass is 9.99. The number of piperidine rings is 1. The molecule has 1 saturated heterocycles. The van der Waals surface area contributed by atoms with Crippen LogP contribution < -0.4 is 5.32 Å². The molecule has 1 nitrogen and oxygen atoms in total. The Hall–Kier alpha value is -0.300. The Balaban J connectivity index is 1.98. The van der Waals surface area contributed by atoms with Crippen molar-refractivity contribution in [1.82, 2.24) is 5.32 Å². The van der Waals surface area contributed by atoms with E-state index in [0.717, 1.165) is 23.9 Å². The largest absolute Gasteiger partial charge is 0.307 e. The summed E-state index contributed by atoms with van der Waals surface area (Å²) in [4.78, 5) is 0. The molecule has 0 spiro atoms. The molecule has 2 aliphatic carbocycles. The van der Waals surface area contributed by atoms with E-state index in [1.165, 1.54) is 12.8 Å². The molecule has 1 heteroatoms. The minimum Gasteiger partial charge on any atom is -0.307 e. The standard InChI is InChI=1S/C8H11N/c1-2-6-3-5(1)7-4-8(7)9-6/h1-2,5-9H,3-4H2. The van der Waals surface area contributed by atoms with Gasteiger partial charge in [0.15, 0.2) is 0 Å². The highest BCUT2D eigenvalue weighted by Gasteiger charge is 2.48. The van der Waals surface area contributed by atoms with Crippen molar-refractivity contribution in [2.75, 3.05) is 0 Å². The first-order chi connectivity index (χ1) is 4.43. The van der Waals surface area contributed by atoms with E-state index in [2.05, 4.69) is 17.5 Å². The third kappa shape index (κ3) is 0.485. The van der Waals surface area contributed by atoms with Crippen LogP contribution in [0.1, 0.15) is 12.8 Å². The molecule has 3 aliphatic rings. The molecule has 2 fully saturated rings. The predicted molar refractivity (Wildman–Crippen MR) is 36.1 cm³/mol. The molecular formula is C8H11N. The van der Waals surface area contributed by atoms with E-state index in [1.807, 2.05) is 0 Å². The van der Waals surface area contributed by atoms with Crippen LogP contribution in [0.2, 0.25) is 0 Å². The van der Waals surface area contributed by atoms with Gasteiger partial charge in [0, 0.05) is 12.1 Å². The maximum Gasteiger partial charge on any atom is 0.0258 e. The molecule has 0 aromatic carbocycles. The Bertz CT molecular complexity index is 173. The summed E-state index contributed by atoms with van der Waals surface area (Å²) in [5.74, 6) is 1.99. The first-order valence-electron chi connectivity index (χ1n) is 3.88.